The second-order valence-electron chi connectivity index (χ2n) is 6.21. The number of carbonyl (C=O) groups is 1. The summed E-state index contributed by atoms with van der Waals surface area (Å²) in [6.45, 7) is 3.67. The summed E-state index contributed by atoms with van der Waals surface area (Å²) in [6.07, 6.45) is 2.46. The molecular weight excluding hydrogens is 370 g/mol. The molecule has 0 bridgehead atoms. The van der Waals surface area contributed by atoms with E-state index in [-0.39, 0.29) is 12.1 Å². The van der Waals surface area contributed by atoms with Crippen molar-refractivity contribution in [1.82, 2.24) is 15.5 Å². The van der Waals surface area contributed by atoms with Gasteiger partial charge < -0.3 is 15.4 Å². The smallest absolute Gasteiger partial charge is 0.314 e. The molecule has 2 amide bonds. The van der Waals surface area contributed by atoms with E-state index in [1.54, 1.807) is 23.5 Å². The van der Waals surface area contributed by atoms with Crippen molar-refractivity contribution in [3.63, 3.8) is 0 Å². The Morgan fingerprint density at radius 2 is 1.96 bits per heavy atom. The van der Waals surface area contributed by atoms with Gasteiger partial charge in [-0.05, 0) is 61.6 Å². The summed E-state index contributed by atoms with van der Waals surface area (Å²) < 4.78 is 5.57. The van der Waals surface area contributed by atoms with E-state index in [1.165, 1.54) is 17.7 Å². The molecule has 1 aromatic heterocycles. The number of ether oxygens (including phenoxy) is 1. The molecule has 3 rings (SSSR count). The molecule has 0 radical (unpaired) electrons. The number of halogens is 1. The molecule has 2 heterocycles. The third-order valence-corrected chi connectivity index (χ3v) is 5.60. The summed E-state index contributed by atoms with van der Waals surface area (Å²) in [7, 11) is 0. The van der Waals surface area contributed by atoms with Crippen LogP contribution in [0.15, 0.2) is 41.8 Å². The minimum atomic E-state index is -0.162. The van der Waals surface area contributed by atoms with E-state index in [0.29, 0.717) is 24.7 Å². The summed E-state index contributed by atoms with van der Waals surface area (Å²) >= 11 is 7.58. The summed E-state index contributed by atoms with van der Waals surface area (Å²) in [5.41, 5.74) is 0. The lowest BCUT2D eigenvalue weighted by Crippen LogP contribution is -2.42. The summed E-state index contributed by atoms with van der Waals surface area (Å²) in [6, 6.07) is 11.5. The molecule has 0 saturated carbocycles. The van der Waals surface area contributed by atoms with Crippen LogP contribution in [0.25, 0.3) is 0 Å². The van der Waals surface area contributed by atoms with Gasteiger partial charge in [0.2, 0.25) is 0 Å². The number of likely N-dealkylation sites (tertiary alicyclic amines) is 1. The van der Waals surface area contributed by atoms with Gasteiger partial charge in [-0.25, -0.2) is 4.79 Å². The standard InChI is InChI=1S/C19H24ClN3O2S/c20-15-5-7-16(8-6-15)25-12-9-21-19(24)22-14-17(18-4-3-13-26-18)23-10-1-2-11-23/h3-8,13,17H,1-2,9-12,14H2,(H2,21,22,24). The Morgan fingerprint density at radius 3 is 2.65 bits per heavy atom. The number of hydrogen-bond acceptors (Lipinski definition) is 4. The molecule has 5 nitrogen and oxygen atoms in total. The van der Waals surface area contributed by atoms with Crippen molar-refractivity contribution in [2.45, 2.75) is 18.9 Å². The quantitative estimate of drug-likeness (QED) is 0.668. The molecule has 1 aliphatic heterocycles. The molecule has 0 spiro atoms. The Morgan fingerprint density at radius 1 is 1.19 bits per heavy atom. The van der Waals surface area contributed by atoms with Crippen molar-refractivity contribution in [2.24, 2.45) is 0 Å². The zero-order valence-electron chi connectivity index (χ0n) is 14.6. The van der Waals surface area contributed by atoms with E-state index in [4.69, 9.17) is 16.3 Å². The minimum Gasteiger partial charge on any atom is -0.492 e. The zero-order chi connectivity index (χ0) is 18.2. The van der Waals surface area contributed by atoms with Crippen molar-refractivity contribution in [1.29, 1.82) is 0 Å². The van der Waals surface area contributed by atoms with Crippen LogP contribution in [0, 0.1) is 0 Å². The molecule has 1 fully saturated rings. The van der Waals surface area contributed by atoms with Crippen LogP contribution in [0.5, 0.6) is 5.75 Å². The van der Waals surface area contributed by atoms with Gasteiger partial charge in [-0.1, -0.05) is 17.7 Å². The first-order valence-corrected chi connectivity index (χ1v) is 10.2. The average molecular weight is 394 g/mol. The Kier molecular flexibility index (Phi) is 7.17. The van der Waals surface area contributed by atoms with Crippen LogP contribution >= 0.6 is 22.9 Å². The fourth-order valence-corrected chi connectivity index (χ4v) is 4.05. The van der Waals surface area contributed by atoms with Gasteiger partial charge in [0, 0.05) is 16.4 Å². The van der Waals surface area contributed by atoms with Gasteiger partial charge in [-0.3, -0.25) is 4.90 Å². The molecule has 2 aromatic rings. The SMILES string of the molecule is O=C(NCCOc1ccc(Cl)cc1)NCC(c1cccs1)N1CCCC1. The monoisotopic (exact) mass is 393 g/mol. The van der Waals surface area contributed by atoms with E-state index < -0.39 is 0 Å². The van der Waals surface area contributed by atoms with Crippen molar-refractivity contribution >= 4 is 29.0 Å². The van der Waals surface area contributed by atoms with Crippen LogP contribution in [0.1, 0.15) is 23.8 Å². The van der Waals surface area contributed by atoms with Crippen LogP contribution < -0.4 is 15.4 Å². The number of benzene rings is 1. The van der Waals surface area contributed by atoms with Gasteiger partial charge in [0.1, 0.15) is 12.4 Å². The van der Waals surface area contributed by atoms with Crippen LogP contribution in [0.2, 0.25) is 5.02 Å². The van der Waals surface area contributed by atoms with Crippen LogP contribution in [0.3, 0.4) is 0 Å². The lowest BCUT2D eigenvalue weighted by atomic mass is 10.2. The summed E-state index contributed by atoms with van der Waals surface area (Å²) in [5, 5.41) is 8.60. The Balaban J connectivity index is 1.38. The molecule has 1 saturated heterocycles. The molecule has 2 N–H and O–H groups in total. The van der Waals surface area contributed by atoms with Gasteiger partial charge >= 0.3 is 6.03 Å². The third kappa shape index (κ3) is 5.62. The van der Waals surface area contributed by atoms with E-state index in [1.807, 2.05) is 12.1 Å². The Hall–Kier alpha value is -1.76. The van der Waals surface area contributed by atoms with Gasteiger partial charge in [-0.15, -0.1) is 11.3 Å². The molecule has 1 aromatic carbocycles. The molecule has 140 valence electrons. The largest absolute Gasteiger partial charge is 0.492 e. The second kappa shape index (κ2) is 9.80. The van der Waals surface area contributed by atoms with Gasteiger partial charge in [0.25, 0.3) is 0 Å². The average Bonchev–Trinajstić information content (AvgIpc) is 3.35. The summed E-state index contributed by atoms with van der Waals surface area (Å²) in [5.74, 6) is 0.739. The molecule has 1 aliphatic rings. The normalized spacial score (nSPS) is 15.6. The highest BCUT2D eigenvalue weighted by Crippen LogP contribution is 2.27. The fraction of sp³-hybridized carbons (Fsp3) is 0.421. The van der Waals surface area contributed by atoms with Gasteiger partial charge in [0.15, 0.2) is 0 Å². The van der Waals surface area contributed by atoms with E-state index in [2.05, 4.69) is 33.0 Å². The molecule has 0 aliphatic carbocycles. The van der Waals surface area contributed by atoms with Crippen molar-refractivity contribution in [2.75, 3.05) is 32.8 Å². The zero-order valence-corrected chi connectivity index (χ0v) is 16.2. The summed E-state index contributed by atoms with van der Waals surface area (Å²) in [4.78, 5) is 15.8. The van der Waals surface area contributed by atoms with E-state index in [9.17, 15) is 4.79 Å². The fourth-order valence-electron chi connectivity index (χ4n) is 3.06. The lowest BCUT2D eigenvalue weighted by molar-refractivity contribution is 0.220. The third-order valence-electron chi connectivity index (χ3n) is 4.38. The first-order chi connectivity index (χ1) is 12.7. The maximum Gasteiger partial charge on any atom is 0.314 e. The highest BCUT2D eigenvalue weighted by Gasteiger charge is 2.24. The number of urea groups is 1. The van der Waals surface area contributed by atoms with E-state index >= 15 is 0 Å². The van der Waals surface area contributed by atoms with Crippen molar-refractivity contribution in [3.8, 4) is 5.75 Å². The molecule has 7 heteroatoms. The molecule has 1 unspecified atom stereocenters. The molecule has 26 heavy (non-hydrogen) atoms. The lowest BCUT2D eigenvalue weighted by Gasteiger charge is -2.26. The van der Waals surface area contributed by atoms with Gasteiger partial charge in [-0.2, -0.15) is 0 Å². The maximum atomic E-state index is 12.1. The number of rotatable bonds is 8. The molecular formula is C19H24ClN3O2S. The molecule has 1 atom stereocenters. The number of hydrogen-bond donors (Lipinski definition) is 2. The Labute approximate surface area is 163 Å². The maximum absolute atomic E-state index is 12.1. The van der Waals surface area contributed by atoms with Crippen molar-refractivity contribution < 1.29 is 9.53 Å². The topological polar surface area (TPSA) is 53.6 Å². The predicted molar refractivity (Wildman–Crippen MR) is 106 cm³/mol. The van der Waals surface area contributed by atoms with Gasteiger partial charge in [0.05, 0.1) is 12.6 Å². The van der Waals surface area contributed by atoms with Crippen LogP contribution in [0.4, 0.5) is 4.79 Å². The van der Waals surface area contributed by atoms with Crippen molar-refractivity contribution in [3.05, 3.63) is 51.7 Å². The second-order valence-corrected chi connectivity index (χ2v) is 7.63. The minimum absolute atomic E-state index is 0.162. The number of carbonyl (C=O) groups excluding carboxylic acids is 1. The number of nitrogens with zero attached hydrogens (tertiary/aromatic N) is 1. The van der Waals surface area contributed by atoms with Crippen LogP contribution in [-0.4, -0.2) is 43.7 Å². The predicted octanol–water partition coefficient (Wildman–Crippen LogP) is 3.92. The highest BCUT2D eigenvalue weighted by molar-refractivity contribution is 7.10. The Bertz CT molecular complexity index is 673. The first kappa shape index (κ1) is 19.0. The van der Waals surface area contributed by atoms with Crippen LogP contribution in [-0.2, 0) is 0 Å². The number of amides is 2. The van der Waals surface area contributed by atoms with E-state index in [0.717, 1.165) is 18.8 Å². The first-order valence-electron chi connectivity index (χ1n) is 8.90. The number of thiophene rings is 1. The highest BCUT2D eigenvalue weighted by atomic mass is 35.5. The number of nitrogens with one attached hydrogen (secondary N) is 2.